The third-order valence-electron chi connectivity index (χ3n) is 3.34. The van der Waals surface area contributed by atoms with Crippen LogP contribution in [0.5, 0.6) is 0 Å². The first-order valence-electron chi connectivity index (χ1n) is 7.54. The van der Waals surface area contributed by atoms with Crippen molar-refractivity contribution in [1.82, 2.24) is 20.3 Å². The highest BCUT2D eigenvalue weighted by Gasteiger charge is 2.09. The summed E-state index contributed by atoms with van der Waals surface area (Å²) in [6.45, 7) is 2.41. The van der Waals surface area contributed by atoms with Gasteiger partial charge in [-0.2, -0.15) is 0 Å². The Balaban J connectivity index is 1.67. The van der Waals surface area contributed by atoms with Gasteiger partial charge in [-0.05, 0) is 42.3 Å². The number of pyridine rings is 1. The van der Waals surface area contributed by atoms with E-state index in [1.165, 1.54) is 0 Å². The molecule has 0 bridgehead atoms. The van der Waals surface area contributed by atoms with Gasteiger partial charge in [-0.15, -0.1) is 0 Å². The molecule has 3 rings (SSSR count). The number of carbonyl (C=O) groups is 1. The third kappa shape index (κ3) is 4.13. The number of nitrogens with zero attached hydrogens (tertiary/aromatic N) is 3. The molecule has 0 aliphatic carbocycles. The molecule has 2 N–H and O–H groups in total. The summed E-state index contributed by atoms with van der Waals surface area (Å²) in [5.74, 6) is 0.128. The van der Waals surface area contributed by atoms with Crippen LogP contribution < -0.4 is 10.6 Å². The maximum atomic E-state index is 12.2. The Morgan fingerprint density at radius 3 is 2.83 bits per heavy atom. The quantitative estimate of drug-likeness (QED) is 0.756. The van der Waals surface area contributed by atoms with Gasteiger partial charge in [0.1, 0.15) is 5.69 Å². The van der Waals surface area contributed by atoms with Gasteiger partial charge in [0.15, 0.2) is 0 Å². The Morgan fingerprint density at radius 1 is 1.12 bits per heavy atom. The van der Waals surface area contributed by atoms with Crippen molar-refractivity contribution in [3.63, 3.8) is 0 Å². The molecule has 1 amide bonds. The van der Waals surface area contributed by atoms with Gasteiger partial charge in [-0.25, -0.2) is 9.97 Å². The average Bonchev–Trinajstić information content (AvgIpc) is 2.61. The lowest BCUT2D eigenvalue weighted by Gasteiger charge is -2.08. The van der Waals surface area contributed by atoms with Crippen molar-refractivity contribution in [2.24, 2.45) is 0 Å². The van der Waals surface area contributed by atoms with Crippen LogP contribution >= 0.6 is 0 Å². The van der Waals surface area contributed by atoms with Crippen molar-refractivity contribution in [3.8, 4) is 0 Å². The van der Waals surface area contributed by atoms with Gasteiger partial charge >= 0.3 is 0 Å². The fraction of sp³-hybridized carbons (Fsp3) is 0.111. The van der Waals surface area contributed by atoms with Crippen LogP contribution in [0.3, 0.4) is 0 Å². The molecule has 0 saturated heterocycles. The highest BCUT2D eigenvalue weighted by atomic mass is 16.1. The summed E-state index contributed by atoms with van der Waals surface area (Å²) in [7, 11) is 0. The van der Waals surface area contributed by atoms with E-state index in [4.69, 9.17) is 0 Å². The zero-order valence-corrected chi connectivity index (χ0v) is 13.2. The number of benzene rings is 1. The van der Waals surface area contributed by atoms with Crippen molar-refractivity contribution in [2.45, 2.75) is 13.5 Å². The van der Waals surface area contributed by atoms with Crippen LogP contribution in [0.15, 0.2) is 61.1 Å². The maximum absolute atomic E-state index is 12.2. The molecule has 6 nitrogen and oxygen atoms in total. The minimum absolute atomic E-state index is 0.256. The van der Waals surface area contributed by atoms with Crippen molar-refractivity contribution in [1.29, 1.82) is 0 Å². The molecule has 0 aliphatic rings. The number of carbonyl (C=O) groups excluding carboxylic acids is 1. The molecule has 2 heterocycles. The Morgan fingerprint density at radius 2 is 2.04 bits per heavy atom. The van der Waals surface area contributed by atoms with Gasteiger partial charge in [0.05, 0.1) is 0 Å². The van der Waals surface area contributed by atoms with Gasteiger partial charge in [0.2, 0.25) is 5.95 Å². The Hall–Kier alpha value is -3.28. The molecule has 1 aromatic carbocycles. The molecular weight excluding hydrogens is 302 g/mol. The normalized spacial score (nSPS) is 10.2. The first kappa shape index (κ1) is 15.6. The first-order chi connectivity index (χ1) is 11.7. The molecule has 0 aliphatic heterocycles. The predicted molar refractivity (Wildman–Crippen MR) is 91.9 cm³/mol. The maximum Gasteiger partial charge on any atom is 0.270 e. The Kier molecular flexibility index (Phi) is 4.76. The third-order valence-corrected chi connectivity index (χ3v) is 3.34. The molecule has 24 heavy (non-hydrogen) atoms. The monoisotopic (exact) mass is 319 g/mol. The van der Waals surface area contributed by atoms with E-state index in [0.717, 1.165) is 16.8 Å². The fourth-order valence-electron chi connectivity index (χ4n) is 2.17. The Labute approximate surface area is 140 Å². The summed E-state index contributed by atoms with van der Waals surface area (Å²) in [6, 6.07) is 13.2. The van der Waals surface area contributed by atoms with Crippen LogP contribution in [-0.2, 0) is 6.54 Å². The molecule has 2 aromatic heterocycles. The molecular formula is C18H17N5O. The number of rotatable bonds is 5. The number of anilines is 2. The van der Waals surface area contributed by atoms with Crippen LogP contribution in [0, 0.1) is 6.92 Å². The number of amides is 1. The van der Waals surface area contributed by atoms with E-state index in [-0.39, 0.29) is 5.91 Å². The van der Waals surface area contributed by atoms with Gasteiger partial charge < -0.3 is 10.6 Å². The van der Waals surface area contributed by atoms with Gasteiger partial charge in [0.25, 0.3) is 5.91 Å². The lowest BCUT2D eigenvalue weighted by molar-refractivity contribution is 0.0946. The van der Waals surface area contributed by atoms with Gasteiger partial charge in [-0.1, -0.05) is 18.2 Å². The van der Waals surface area contributed by atoms with Crippen molar-refractivity contribution >= 4 is 17.5 Å². The molecule has 0 atom stereocenters. The molecule has 0 unspecified atom stereocenters. The number of aryl methyl sites for hydroxylation is 1. The molecule has 3 aromatic rings. The topological polar surface area (TPSA) is 79.8 Å². The molecule has 0 saturated carbocycles. The second-order valence-corrected chi connectivity index (χ2v) is 5.30. The average molecular weight is 319 g/mol. The number of hydrogen-bond donors (Lipinski definition) is 2. The van der Waals surface area contributed by atoms with Crippen LogP contribution in [0.4, 0.5) is 11.6 Å². The summed E-state index contributed by atoms with van der Waals surface area (Å²) in [4.78, 5) is 24.7. The molecule has 0 radical (unpaired) electrons. The van der Waals surface area contributed by atoms with Gasteiger partial charge in [0, 0.05) is 30.8 Å². The minimum atomic E-state index is -0.256. The lowest BCUT2D eigenvalue weighted by Crippen LogP contribution is -2.24. The van der Waals surface area contributed by atoms with Crippen LogP contribution in [0.25, 0.3) is 0 Å². The van der Waals surface area contributed by atoms with E-state index in [1.54, 1.807) is 24.7 Å². The van der Waals surface area contributed by atoms with Crippen LogP contribution in [0.2, 0.25) is 0 Å². The van der Waals surface area contributed by atoms with E-state index >= 15 is 0 Å². The molecule has 6 heteroatoms. The first-order valence-corrected chi connectivity index (χ1v) is 7.54. The number of hydrogen-bond acceptors (Lipinski definition) is 5. The summed E-state index contributed by atoms with van der Waals surface area (Å²) in [6.07, 6.45) is 4.97. The molecule has 120 valence electrons. The minimum Gasteiger partial charge on any atom is -0.347 e. The van der Waals surface area contributed by atoms with E-state index < -0.39 is 0 Å². The summed E-state index contributed by atoms with van der Waals surface area (Å²) < 4.78 is 0. The predicted octanol–water partition coefficient (Wildman–Crippen LogP) is 2.85. The molecule has 0 spiro atoms. The molecule has 0 fully saturated rings. The fourth-order valence-corrected chi connectivity index (χ4v) is 2.17. The Bertz CT molecular complexity index is 836. The van der Waals surface area contributed by atoms with E-state index in [0.29, 0.717) is 18.2 Å². The van der Waals surface area contributed by atoms with Crippen LogP contribution in [-0.4, -0.2) is 20.9 Å². The summed E-state index contributed by atoms with van der Waals surface area (Å²) in [5.41, 5.74) is 3.25. The zero-order valence-electron chi connectivity index (χ0n) is 13.2. The van der Waals surface area contributed by atoms with Gasteiger partial charge in [-0.3, -0.25) is 9.78 Å². The smallest absolute Gasteiger partial charge is 0.270 e. The second kappa shape index (κ2) is 7.32. The number of nitrogens with one attached hydrogen (secondary N) is 2. The van der Waals surface area contributed by atoms with E-state index in [9.17, 15) is 4.79 Å². The lowest BCUT2D eigenvalue weighted by atomic mass is 10.2. The summed E-state index contributed by atoms with van der Waals surface area (Å²) in [5, 5.41) is 5.92. The van der Waals surface area contributed by atoms with E-state index in [2.05, 4.69) is 25.6 Å². The van der Waals surface area contributed by atoms with Crippen LogP contribution in [0.1, 0.15) is 21.6 Å². The zero-order chi connectivity index (χ0) is 16.8. The highest BCUT2D eigenvalue weighted by molar-refractivity contribution is 5.92. The van der Waals surface area contributed by atoms with Crippen molar-refractivity contribution < 1.29 is 4.79 Å². The highest BCUT2D eigenvalue weighted by Crippen LogP contribution is 2.14. The van der Waals surface area contributed by atoms with Crippen molar-refractivity contribution in [2.75, 3.05) is 5.32 Å². The standard InChI is InChI=1S/C18H17N5O/c1-13-4-2-6-15(10-13)22-18-20-9-7-16(23-18)17(24)21-12-14-5-3-8-19-11-14/h2-11H,12H2,1H3,(H,21,24)(H,20,22,23). The largest absolute Gasteiger partial charge is 0.347 e. The van der Waals surface area contributed by atoms with Crippen molar-refractivity contribution in [3.05, 3.63) is 77.9 Å². The van der Waals surface area contributed by atoms with E-state index in [1.807, 2.05) is 43.3 Å². The SMILES string of the molecule is Cc1cccc(Nc2nccc(C(=O)NCc3cccnc3)n2)c1. The summed E-state index contributed by atoms with van der Waals surface area (Å²) >= 11 is 0. The number of aromatic nitrogens is 3. The second-order valence-electron chi connectivity index (χ2n) is 5.30.